The Kier molecular flexibility index (Phi) is 3.15. The molecule has 19 heavy (non-hydrogen) atoms. The lowest BCUT2D eigenvalue weighted by Gasteiger charge is -2.10. The summed E-state index contributed by atoms with van der Waals surface area (Å²) in [6.45, 7) is 1.97. The third kappa shape index (κ3) is 2.43. The van der Waals surface area contributed by atoms with Crippen molar-refractivity contribution in [1.29, 1.82) is 0 Å². The highest BCUT2D eigenvalue weighted by Gasteiger charge is 2.16. The summed E-state index contributed by atoms with van der Waals surface area (Å²) in [6, 6.07) is 5.88. The van der Waals surface area contributed by atoms with E-state index in [1.807, 2.05) is 25.1 Å². The molecule has 3 rings (SSSR count). The van der Waals surface area contributed by atoms with Crippen molar-refractivity contribution in [2.75, 3.05) is 5.73 Å². The predicted octanol–water partition coefficient (Wildman–Crippen LogP) is 2.70. The molecule has 0 aromatic carbocycles. The van der Waals surface area contributed by atoms with E-state index in [0.717, 1.165) is 35.5 Å². The second-order valence-corrected chi connectivity index (χ2v) is 5.08. The highest BCUT2D eigenvalue weighted by molar-refractivity contribution is 5.55. The lowest BCUT2D eigenvalue weighted by atomic mass is 10.1. The van der Waals surface area contributed by atoms with Crippen LogP contribution in [-0.2, 0) is 12.8 Å². The van der Waals surface area contributed by atoms with Crippen LogP contribution in [0.25, 0.3) is 11.5 Å². The first-order valence-corrected chi connectivity index (χ1v) is 6.83. The Hall–Kier alpha value is -1.97. The van der Waals surface area contributed by atoms with Crippen molar-refractivity contribution in [2.24, 2.45) is 0 Å². The van der Waals surface area contributed by atoms with Gasteiger partial charge < -0.3 is 5.73 Å². The minimum absolute atomic E-state index is 0.630. The first kappa shape index (κ1) is 12.1. The molecule has 0 amide bonds. The molecule has 0 unspecified atom stereocenters. The van der Waals surface area contributed by atoms with Gasteiger partial charge in [0.2, 0.25) is 0 Å². The van der Waals surface area contributed by atoms with Crippen molar-refractivity contribution < 1.29 is 0 Å². The number of nitrogens with zero attached hydrogens (tertiary/aromatic N) is 3. The van der Waals surface area contributed by atoms with Gasteiger partial charge in [-0.25, -0.2) is 15.0 Å². The molecule has 0 saturated heterocycles. The van der Waals surface area contributed by atoms with Crippen LogP contribution in [0.4, 0.5) is 5.82 Å². The first-order chi connectivity index (χ1) is 9.24. The van der Waals surface area contributed by atoms with E-state index in [2.05, 4.69) is 9.97 Å². The molecule has 0 bridgehead atoms. The number of hydrogen-bond acceptors (Lipinski definition) is 4. The molecule has 1 aliphatic carbocycles. The van der Waals surface area contributed by atoms with Gasteiger partial charge in [-0.15, -0.1) is 0 Å². The zero-order valence-electron chi connectivity index (χ0n) is 11.2. The van der Waals surface area contributed by atoms with Gasteiger partial charge in [-0.3, -0.25) is 0 Å². The third-order valence-corrected chi connectivity index (χ3v) is 3.58. The average molecular weight is 254 g/mol. The number of rotatable bonds is 1. The molecule has 0 spiro atoms. The summed E-state index contributed by atoms with van der Waals surface area (Å²) in [6.07, 6.45) is 5.62. The number of fused-ring (bicyclic) bond motifs is 1. The summed E-state index contributed by atoms with van der Waals surface area (Å²) in [5.74, 6) is 1.28. The molecule has 0 aliphatic heterocycles. The number of aromatic nitrogens is 3. The normalized spacial score (nSPS) is 14.8. The summed E-state index contributed by atoms with van der Waals surface area (Å²) < 4.78 is 0. The number of hydrogen-bond donors (Lipinski definition) is 1. The van der Waals surface area contributed by atoms with Crippen molar-refractivity contribution in [3.05, 3.63) is 35.2 Å². The Morgan fingerprint density at radius 2 is 1.84 bits per heavy atom. The Bertz CT molecular complexity index is 607. The molecule has 0 radical (unpaired) electrons. The highest BCUT2D eigenvalue weighted by Crippen LogP contribution is 2.25. The van der Waals surface area contributed by atoms with Gasteiger partial charge in [-0.05, 0) is 44.7 Å². The Balaban J connectivity index is 2.09. The van der Waals surface area contributed by atoms with Crippen LogP contribution in [0.5, 0.6) is 0 Å². The van der Waals surface area contributed by atoms with E-state index in [1.165, 1.54) is 19.3 Å². The van der Waals surface area contributed by atoms with Gasteiger partial charge in [0.25, 0.3) is 0 Å². The van der Waals surface area contributed by atoms with E-state index in [-0.39, 0.29) is 0 Å². The van der Waals surface area contributed by atoms with Crippen LogP contribution in [-0.4, -0.2) is 15.0 Å². The zero-order valence-corrected chi connectivity index (χ0v) is 11.2. The number of aryl methyl sites for hydroxylation is 2. The van der Waals surface area contributed by atoms with E-state index in [4.69, 9.17) is 10.7 Å². The Labute approximate surface area is 113 Å². The topological polar surface area (TPSA) is 64.7 Å². The molecule has 1 aliphatic rings. The van der Waals surface area contributed by atoms with Gasteiger partial charge in [-0.2, -0.15) is 0 Å². The monoisotopic (exact) mass is 254 g/mol. The highest BCUT2D eigenvalue weighted by atomic mass is 15.0. The summed E-state index contributed by atoms with van der Waals surface area (Å²) in [4.78, 5) is 13.6. The van der Waals surface area contributed by atoms with Crippen LogP contribution >= 0.6 is 0 Å². The predicted molar refractivity (Wildman–Crippen MR) is 75.7 cm³/mol. The van der Waals surface area contributed by atoms with Crippen LogP contribution in [0.2, 0.25) is 0 Å². The van der Waals surface area contributed by atoms with Gasteiger partial charge in [0.1, 0.15) is 11.5 Å². The van der Waals surface area contributed by atoms with Crippen LogP contribution in [0, 0.1) is 6.92 Å². The maximum absolute atomic E-state index is 6.11. The van der Waals surface area contributed by atoms with Crippen molar-refractivity contribution in [3.8, 4) is 11.5 Å². The maximum Gasteiger partial charge on any atom is 0.180 e. The molecular formula is C15H18N4. The van der Waals surface area contributed by atoms with Crippen LogP contribution < -0.4 is 5.73 Å². The second kappa shape index (κ2) is 4.96. The SMILES string of the molecule is Cc1cccc(-c2nc(N)c3c(n2)CCCCC3)n1. The lowest BCUT2D eigenvalue weighted by molar-refractivity contribution is 0.709. The molecule has 2 heterocycles. The van der Waals surface area contributed by atoms with Gasteiger partial charge in [-0.1, -0.05) is 12.5 Å². The van der Waals surface area contributed by atoms with E-state index in [9.17, 15) is 0 Å². The Morgan fingerprint density at radius 1 is 1.00 bits per heavy atom. The largest absolute Gasteiger partial charge is 0.383 e. The third-order valence-electron chi connectivity index (χ3n) is 3.58. The number of anilines is 1. The van der Waals surface area contributed by atoms with Crippen molar-refractivity contribution >= 4 is 5.82 Å². The lowest BCUT2D eigenvalue weighted by Crippen LogP contribution is -2.07. The fraction of sp³-hybridized carbons (Fsp3) is 0.400. The molecule has 2 N–H and O–H groups in total. The minimum atomic E-state index is 0.630. The van der Waals surface area contributed by atoms with Crippen LogP contribution in [0.3, 0.4) is 0 Å². The van der Waals surface area contributed by atoms with E-state index >= 15 is 0 Å². The zero-order chi connectivity index (χ0) is 13.2. The molecular weight excluding hydrogens is 236 g/mol. The van der Waals surface area contributed by atoms with E-state index in [0.29, 0.717) is 11.6 Å². The van der Waals surface area contributed by atoms with Gasteiger partial charge in [0.05, 0.1) is 0 Å². The number of nitrogen functional groups attached to an aromatic ring is 1. The van der Waals surface area contributed by atoms with Crippen molar-refractivity contribution in [3.63, 3.8) is 0 Å². The molecule has 0 atom stereocenters. The molecule has 0 saturated carbocycles. The second-order valence-electron chi connectivity index (χ2n) is 5.08. The standard InChI is InChI=1S/C15H18N4/c1-10-6-5-9-13(17-10)15-18-12-8-4-2-3-7-11(12)14(16)19-15/h5-6,9H,2-4,7-8H2,1H3,(H2,16,18,19). The van der Waals surface area contributed by atoms with Gasteiger partial charge >= 0.3 is 0 Å². The molecule has 4 nitrogen and oxygen atoms in total. The molecule has 2 aromatic heterocycles. The molecule has 98 valence electrons. The smallest absolute Gasteiger partial charge is 0.180 e. The van der Waals surface area contributed by atoms with E-state index in [1.54, 1.807) is 0 Å². The Morgan fingerprint density at radius 3 is 2.68 bits per heavy atom. The number of nitrogens with two attached hydrogens (primary N) is 1. The van der Waals surface area contributed by atoms with Gasteiger partial charge in [0.15, 0.2) is 5.82 Å². The van der Waals surface area contributed by atoms with Crippen LogP contribution in [0.1, 0.15) is 36.2 Å². The van der Waals surface area contributed by atoms with Crippen LogP contribution in [0.15, 0.2) is 18.2 Å². The number of pyridine rings is 1. The maximum atomic E-state index is 6.11. The van der Waals surface area contributed by atoms with Crippen molar-refractivity contribution in [1.82, 2.24) is 15.0 Å². The first-order valence-electron chi connectivity index (χ1n) is 6.83. The molecule has 4 heteroatoms. The van der Waals surface area contributed by atoms with Gasteiger partial charge in [0, 0.05) is 17.0 Å². The average Bonchev–Trinajstić information content (AvgIpc) is 2.64. The summed E-state index contributed by atoms with van der Waals surface area (Å²) >= 11 is 0. The fourth-order valence-corrected chi connectivity index (χ4v) is 2.58. The fourth-order valence-electron chi connectivity index (χ4n) is 2.58. The molecule has 0 fully saturated rings. The summed E-state index contributed by atoms with van der Waals surface area (Å²) in [5, 5.41) is 0. The minimum Gasteiger partial charge on any atom is -0.383 e. The van der Waals surface area contributed by atoms with E-state index < -0.39 is 0 Å². The summed E-state index contributed by atoms with van der Waals surface area (Å²) in [5.41, 5.74) is 10.1. The quantitative estimate of drug-likeness (QED) is 0.795. The molecule has 2 aromatic rings. The van der Waals surface area contributed by atoms with Crippen molar-refractivity contribution in [2.45, 2.75) is 39.0 Å². The summed E-state index contributed by atoms with van der Waals surface area (Å²) in [7, 11) is 0.